The standard InChI is InChI=1S/C16H36N.C10H17O9P/c1-5-9-13-17(14-10-6-2,15-11-7-3)16-12-8-4;1-5-10(18-7(3)12)8(17-6(2)11)4-9(16-5)19-20(13,14)15/h5-16H2,1-4H3;5,8-10H,4H2,1-3H3,(H2,13,14,15)/q+1;/p-1/t;5-,8-,9+,10+/m.0/s1. The molecule has 11 heteroatoms. The smallest absolute Gasteiger partial charge is 0.303 e. The number of rotatable bonds is 16. The molecule has 0 amide bonds. The van der Waals surface area contributed by atoms with Crippen LogP contribution >= 0.6 is 7.82 Å². The van der Waals surface area contributed by atoms with Gasteiger partial charge in [0.25, 0.3) is 7.82 Å². The predicted octanol–water partition coefficient (Wildman–Crippen LogP) is 4.47. The van der Waals surface area contributed by atoms with Gasteiger partial charge in [-0.2, -0.15) is 0 Å². The molecule has 37 heavy (non-hydrogen) atoms. The second kappa shape index (κ2) is 19.1. The number of carbonyl (C=O) groups excluding carboxylic acids is 2. The number of hydrogen-bond donors (Lipinski definition) is 1. The van der Waals surface area contributed by atoms with Crippen molar-refractivity contribution in [2.24, 2.45) is 0 Å². The highest BCUT2D eigenvalue weighted by Crippen LogP contribution is 2.37. The van der Waals surface area contributed by atoms with Gasteiger partial charge >= 0.3 is 11.9 Å². The van der Waals surface area contributed by atoms with Gasteiger partial charge in [-0.1, -0.05) is 53.4 Å². The van der Waals surface area contributed by atoms with Crippen molar-refractivity contribution >= 4 is 19.8 Å². The summed E-state index contributed by atoms with van der Waals surface area (Å²) in [6, 6.07) is 0. The molecule has 1 heterocycles. The lowest BCUT2D eigenvalue weighted by molar-refractivity contribution is -0.929. The van der Waals surface area contributed by atoms with Gasteiger partial charge in [0.2, 0.25) is 0 Å². The Labute approximate surface area is 224 Å². The Kier molecular flexibility index (Phi) is 18.6. The van der Waals surface area contributed by atoms with Crippen molar-refractivity contribution in [3.8, 4) is 0 Å². The molecule has 1 aliphatic heterocycles. The van der Waals surface area contributed by atoms with Crippen LogP contribution in [0.1, 0.15) is 106 Å². The summed E-state index contributed by atoms with van der Waals surface area (Å²) in [4.78, 5) is 41.4. The summed E-state index contributed by atoms with van der Waals surface area (Å²) in [6.07, 6.45) is 6.93. The fraction of sp³-hybridized carbons (Fsp3) is 0.923. The highest BCUT2D eigenvalue weighted by molar-refractivity contribution is 7.44. The SMILES string of the molecule is CC(=O)O[C@@H]1[C@H](C)O[C@H](OP(=O)([O-])O)C[C@@H]1OC(C)=O.CCCC[N+](CCCC)(CCCC)CCCC. The Bertz CT molecular complexity index is 647. The molecule has 1 aliphatic rings. The molecule has 0 aromatic heterocycles. The van der Waals surface area contributed by atoms with Gasteiger partial charge in [0.15, 0.2) is 12.4 Å². The molecule has 0 aromatic carbocycles. The Morgan fingerprint density at radius 2 is 1.30 bits per heavy atom. The zero-order chi connectivity index (χ0) is 28.5. The maximum atomic E-state index is 11.0. The van der Waals surface area contributed by atoms with Crippen LogP contribution in [0.3, 0.4) is 0 Å². The van der Waals surface area contributed by atoms with E-state index in [-0.39, 0.29) is 6.42 Å². The Hall–Kier alpha value is -1.03. The average molecular weight is 554 g/mol. The second-order valence-electron chi connectivity index (χ2n) is 9.95. The molecule has 5 atom stereocenters. The van der Waals surface area contributed by atoms with Crippen LogP contribution in [0.4, 0.5) is 0 Å². The minimum Gasteiger partial charge on any atom is -0.756 e. The molecule has 0 aromatic rings. The summed E-state index contributed by atoms with van der Waals surface area (Å²) in [7, 11) is -4.99. The molecule has 1 rings (SSSR count). The van der Waals surface area contributed by atoms with Crippen LogP contribution in [-0.4, -0.2) is 72.1 Å². The van der Waals surface area contributed by atoms with Crippen molar-refractivity contribution in [2.75, 3.05) is 26.2 Å². The van der Waals surface area contributed by atoms with Crippen LogP contribution in [0.5, 0.6) is 0 Å². The van der Waals surface area contributed by atoms with Crippen LogP contribution < -0.4 is 4.89 Å². The molecule has 1 N–H and O–H groups in total. The molecule has 0 spiro atoms. The highest BCUT2D eigenvalue weighted by Gasteiger charge is 2.42. The largest absolute Gasteiger partial charge is 0.756 e. The van der Waals surface area contributed by atoms with Gasteiger partial charge in [0.1, 0.15) is 6.10 Å². The molecule has 0 radical (unpaired) electrons. The third-order valence-corrected chi connectivity index (χ3v) is 6.94. The van der Waals surface area contributed by atoms with E-state index >= 15 is 0 Å². The fourth-order valence-electron chi connectivity index (χ4n) is 4.55. The first-order valence-corrected chi connectivity index (χ1v) is 15.4. The number of unbranched alkanes of at least 4 members (excludes halogenated alkanes) is 4. The van der Waals surface area contributed by atoms with Gasteiger partial charge in [-0.25, -0.2) is 0 Å². The summed E-state index contributed by atoms with van der Waals surface area (Å²) in [5.41, 5.74) is 0. The minimum absolute atomic E-state index is 0.200. The number of carbonyl (C=O) groups is 2. The third-order valence-electron chi connectivity index (χ3n) is 6.43. The maximum absolute atomic E-state index is 11.0. The van der Waals surface area contributed by atoms with Gasteiger partial charge in [-0.05, 0) is 32.6 Å². The minimum atomic E-state index is -4.99. The van der Waals surface area contributed by atoms with E-state index in [0.29, 0.717) is 0 Å². The molecule has 1 saturated heterocycles. The maximum Gasteiger partial charge on any atom is 0.303 e. The van der Waals surface area contributed by atoms with Gasteiger partial charge in [-0.3, -0.25) is 18.7 Å². The second-order valence-corrected chi connectivity index (χ2v) is 11.1. The van der Waals surface area contributed by atoms with E-state index in [4.69, 9.17) is 19.1 Å². The van der Waals surface area contributed by atoms with Crippen molar-refractivity contribution in [2.45, 2.75) is 131 Å². The van der Waals surface area contributed by atoms with Gasteiger partial charge in [-0.15, -0.1) is 0 Å². The molecule has 0 bridgehead atoms. The number of nitrogens with zero attached hydrogens (tertiary/aromatic N) is 1. The molecule has 0 aliphatic carbocycles. The van der Waals surface area contributed by atoms with Crippen molar-refractivity contribution in [1.29, 1.82) is 0 Å². The first kappa shape index (κ1) is 36.0. The summed E-state index contributed by atoms with van der Waals surface area (Å²) >= 11 is 0. The van der Waals surface area contributed by atoms with E-state index < -0.39 is 44.4 Å². The van der Waals surface area contributed by atoms with E-state index in [1.54, 1.807) is 0 Å². The Balaban J connectivity index is 0.000000712. The number of ether oxygens (including phenoxy) is 3. The van der Waals surface area contributed by atoms with Crippen LogP contribution in [0.2, 0.25) is 0 Å². The van der Waals surface area contributed by atoms with Crippen molar-refractivity contribution in [3.05, 3.63) is 0 Å². The average Bonchev–Trinajstić information content (AvgIpc) is 2.79. The summed E-state index contributed by atoms with van der Waals surface area (Å²) < 4.78 is 31.5. The number of esters is 2. The number of hydrogen-bond acceptors (Lipinski definition) is 8. The van der Waals surface area contributed by atoms with Crippen LogP contribution in [0.15, 0.2) is 0 Å². The van der Waals surface area contributed by atoms with Gasteiger partial charge < -0.3 is 28.5 Å². The lowest BCUT2D eigenvalue weighted by Crippen LogP contribution is -2.51. The highest BCUT2D eigenvalue weighted by atomic mass is 31.2. The molecular formula is C26H52NO9P. The Morgan fingerprint density at radius 1 is 0.892 bits per heavy atom. The predicted molar refractivity (Wildman–Crippen MR) is 140 cm³/mol. The quantitative estimate of drug-likeness (QED) is 0.167. The monoisotopic (exact) mass is 553 g/mol. The Morgan fingerprint density at radius 3 is 1.62 bits per heavy atom. The molecule has 1 unspecified atom stereocenters. The van der Waals surface area contributed by atoms with Gasteiger partial charge in [0, 0.05) is 20.3 Å². The van der Waals surface area contributed by atoms with E-state index in [1.165, 1.54) is 95.9 Å². The first-order chi connectivity index (χ1) is 17.3. The fourth-order valence-corrected chi connectivity index (χ4v) is 4.98. The van der Waals surface area contributed by atoms with E-state index in [0.717, 1.165) is 6.92 Å². The topological polar surface area (TPSA) is 131 Å². The lowest BCUT2D eigenvalue weighted by atomic mass is 10.0. The van der Waals surface area contributed by atoms with Crippen molar-refractivity contribution < 1.29 is 47.2 Å². The molecule has 0 saturated carbocycles. The molecule has 10 nitrogen and oxygen atoms in total. The van der Waals surface area contributed by atoms with E-state index in [2.05, 4.69) is 32.2 Å². The lowest BCUT2D eigenvalue weighted by Gasteiger charge is -2.39. The van der Waals surface area contributed by atoms with Crippen LogP contribution in [0.25, 0.3) is 0 Å². The summed E-state index contributed by atoms with van der Waals surface area (Å²) in [5, 5.41) is 0. The van der Waals surface area contributed by atoms with Gasteiger partial charge in [0.05, 0.1) is 32.3 Å². The van der Waals surface area contributed by atoms with Crippen LogP contribution in [-0.2, 0) is 32.9 Å². The van der Waals surface area contributed by atoms with Crippen LogP contribution in [0, 0.1) is 0 Å². The van der Waals surface area contributed by atoms with E-state index in [1.807, 2.05) is 0 Å². The van der Waals surface area contributed by atoms with Crippen molar-refractivity contribution in [1.82, 2.24) is 0 Å². The number of phosphoric acid groups is 1. The number of quaternary nitrogens is 1. The van der Waals surface area contributed by atoms with Crippen molar-refractivity contribution in [3.63, 3.8) is 0 Å². The summed E-state index contributed by atoms with van der Waals surface area (Å²) in [6.45, 7) is 18.8. The molecule has 220 valence electrons. The zero-order valence-corrected chi connectivity index (χ0v) is 25.0. The normalized spacial score (nSPS) is 23.4. The summed E-state index contributed by atoms with van der Waals surface area (Å²) in [5.74, 6) is -1.23. The van der Waals surface area contributed by atoms with E-state index in [9.17, 15) is 19.0 Å². The molecule has 1 fully saturated rings. The first-order valence-electron chi connectivity index (χ1n) is 13.9. The number of phosphoric ester groups is 1. The molecular weight excluding hydrogens is 501 g/mol. The third kappa shape index (κ3) is 16.5. The zero-order valence-electron chi connectivity index (χ0n) is 24.1.